The Bertz CT molecular complexity index is 669. The van der Waals surface area contributed by atoms with Crippen molar-refractivity contribution >= 4 is 38.9 Å². The molecule has 23 heavy (non-hydrogen) atoms. The van der Waals surface area contributed by atoms with Crippen LogP contribution in [-0.4, -0.2) is 13.7 Å². The number of hydrogen-bond donors (Lipinski definition) is 1. The van der Waals surface area contributed by atoms with Crippen LogP contribution in [0.5, 0.6) is 11.5 Å². The molecular weight excluding hydrogens is 412 g/mol. The maximum atomic E-state index is 12.4. The molecule has 0 saturated heterocycles. The van der Waals surface area contributed by atoms with Crippen LogP contribution in [0.2, 0.25) is 4.34 Å². The van der Waals surface area contributed by atoms with Crippen molar-refractivity contribution in [2.24, 2.45) is 0 Å². The van der Waals surface area contributed by atoms with E-state index in [0.717, 1.165) is 14.8 Å². The van der Waals surface area contributed by atoms with E-state index in [4.69, 9.17) is 16.3 Å². The van der Waals surface area contributed by atoms with E-state index in [9.17, 15) is 8.78 Å². The van der Waals surface area contributed by atoms with E-state index >= 15 is 0 Å². The molecule has 1 heterocycles. The van der Waals surface area contributed by atoms with Crippen molar-refractivity contribution in [2.75, 3.05) is 7.11 Å². The monoisotopic (exact) mass is 425 g/mol. The second-order valence-corrected chi connectivity index (χ2v) is 7.33. The Hall–Kier alpha value is -0.890. The number of nitrogens with one attached hydrogen (secondary N) is 1. The number of rotatable bonds is 7. The third-order valence-electron chi connectivity index (χ3n) is 3.13. The lowest BCUT2D eigenvalue weighted by Crippen LogP contribution is -2.17. The van der Waals surface area contributed by atoms with Gasteiger partial charge in [-0.15, -0.1) is 11.3 Å². The summed E-state index contributed by atoms with van der Waals surface area (Å²) in [6.07, 6.45) is 0. The summed E-state index contributed by atoms with van der Waals surface area (Å²) in [4.78, 5) is 1.12. The highest BCUT2D eigenvalue weighted by molar-refractivity contribution is 9.10. The fraction of sp³-hybridized carbons (Fsp3) is 0.333. The number of benzene rings is 1. The van der Waals surface area contributed by atoms with Crippen molar-refractivity contribution in [3.63, 3.8) is 0 Å². The summed E-state index contributed by atoms with van der Waals surface area (Å²) in [5, 5.41) is 3.35. The Morgan fingerprint density at radius 2 is 2.09 bits per heavy atom. The lowest BCUT2D eigenvalue weighted by Gasteiger charge is -2.16. The maximum absolute atomic E-state index is 12.4. The fourth-order valence-electron chi connectivity index (χ4n) is 2.01. The summed E-state index contributed by atoms with van der Waals surface area (Å²) >= 11 is 10.7. The molecule has 0 saturated carbocycles. The van der Waals surface area contributed by atoms with Crippen molar-refractivity contribution < 1.29 is 18.3 Å². The van der Waals surface area contributed by atoms with Crippen LogP contribution in [0, 0.1) is 0 Å². The van der Waals surface area contributed by atoms with Crippen LogP contribution in [0.4, 0.5) is 8.78 Å². The van der Waals surface area contributed by atoms with Gasteiger partial charge in [0.25, 0.3) is 0 Å². The Morgan fingerprint density at radius 3 is 2.65 bits per heavy atom. The number of methoxy groups -OCH3 is 1. The molecule has 0 fully saturated rings. The first-order chi connectivity index (χ1) is 10.9. The van der Waals surface area contributed by atoms with Gasteiger partial charge in [-0.05, 0) is 52.7 Å². The highest BCUT2D eigenvalue weighted by Gasteiger charge is 2.16. The molecule has 0 radical (unpaired) electrons. The number of alkyl halides is 2. The molecule has 1 N–H and O–H groups in total. The predicted octanol–water partition coefficient (Wildman–Crippen LogP) is 5.62. The standard InChI is InChI=1S/C15H15BrClF2NO2S/c1-8(12-3-4-13(17)23-12)20-7-9-5-10(16)14(22-15(18)19)11(6-9)21-2/h3-6,8,15,20H,7H2,1-2H3. The van der Waals surface area contributed by atoms with Gasteiger partial charge in [0.1, 0.15) is 0 Å². The van der Waals surface area contributed by atoms with Crippen LogP contribution >= 0.6 is 38.9 Å². The number of ether oxygens (including phenoxy) is 2. The maximum Gasteiger partial charge on any atom is 0.387 e. The van der Waals surface area contributed by atoms with Crippen molar-refractivity contribution in [3.05, 3.63) is 43.5 Å². The minimum Gasteiger partial charge on any atom is -0.493 e. The summed E-state index contributed by atoms with van der Waals surface area (Å²) in [5.41, 5.74) is 0.879. The zero-order chi connectivity index (χ0) is 17.0. The van der Waals surface area contributed by atoms with E-state index in [-0.39, 0.29) is 17.5 Å². The molecule has 0 aliphatic rings. The van der Waals surface area contributed by atoms with Crippen LogP contribution in [0.15, 0.2) is 28.7 Å². The van der Waals surface area contributed by atoms with Gasteiger partial charge in [0.05, 0.1) is 15.9 Å². The molecule has 0 aliphatic carbocycles. The van der Waals surface area contributed by atoms with Crippen LogP contribution in [0.25, 0.3) is 0 Å². The van der Waals surface area contributed by atoms with Gasteiger partial charge in [0, 0.05) is 17.5 Å². The van der Waals surface area contributed by atoms with E-state index in [1.54, 1.807) is 12.1 Å². The molecular formula is C15H15BrClF2NO2S. The molecule has 2 rings (SSSR count). The molecule has 1 aromatic carbocycles. The fourth-order valence-corrected chi connectivity index (χ4v) is 3.68. The minimum absolute atomic E-state index is 0.00987. The third kappa shape index (κ3) is 5.04. The molecule has 0 aliphatic heterocycles. The van der Waals surface area contributed by atoms with Crippen molar-refractivity contribution in [1.82, 2.24) is 5.32 Å². The smallest absolute Gasteiger partial charge is 0.387 e. The van der Waals surface area contributed by atoms with Crippen molar-refractivity contribution in [2.45, 2.75) is 26.1 Å². The highest BCUT2D eigenvalue weighted by atomic mass is 79.9. The number of thiophene rings is 1. The number of halogens is 4. The zero-order valence-electron chi connectivity index (χ0n) is 12.4. The van der Waals surface area contributed by atoms with E-state index in [2.05, 4.69) is 26.0 Å². The van der Waals surface area contributed by atoms with Crippen molar-refractivity contribution in [3.8, 4) is 11.5 Å². The van der Waals surface area contributed by atoms with E-state index < -0.39 is 6.61 Å². The summed E-state index contributed by atoms with van der Waals surface area (Å²) < 4.78 is 35.7. The SMILES string of the molecule is COc1cc(CNC(C)c2ccc(Cl)s2)cc(Br)c1OC(F)F. The molecule has 2 aromatic rings. The van der Waals surface area contributed by atoms with Gasteiger partial charge in [-0.25, -0.2) is 0 Å². The highest BCUT2D eigenvalue weighted by Crippen LogP contribution is 2.37. The molecule has 1 atom stereocenters. The first-order valence-electron chi connectivity index (χ1n) is 6.70. The van der Waals surface area contributed by atoms with Crippen LogP contribution in [-0.2, 0) is 6.54 Å². The summed E-state index contributed by atoms with van der Waals surface area (Å²) in [5.74, 6) is 0.243. The van der Waals surface area contributed by atoms with Gasteiger partial charge in [0.2, 0.25) is 0 Å². The summed E-state index contributed by atoms with van der Waals surface area (Å²) in [7, 11) is 1.41. The van der Waals surface area contributed by atoms with Gasteiger partial charge in [-0.2, -0.15) is 8.78 Å². The number of hydrogen-bond acceptors (Lipinski definition) is 4. The Balaban J connectivity index is 2.09. The van der Waals surface area contributed by atoms with Crippen molar-refractivity contribution in [1.29, 1.82) is 0 Å². The molecule has 8 heteroatoms. The predicted molar refractivity (Wildman–Crippen MR) is 91.9 cm³/mol. The van der Waals surface area contributed by atoms with Gasteiger partial charge in [-0.1, -0.05) is 11.6 Å². The van der Waals surface area contributed by atoms with Gasteiger partial charge < -0.3 is 14.8 Å². The second-order valence-electron chi connectivity index (χ2n) is 4.73. The van der Waals surface area contributed by atoms with Crippen LogP contribution in [0.3, 0.4) is 0 Å². The average molecular weight is 427 g/mol. The quantitative estimate of drug-likeness (QED) is 0.623. The normalized spacial score (nSPS) is 12.5. The molecule has 0 bridgehead atoms. The van der Waals surface area contributed by atoms with Gasteiger partial charge in [-0.3, -0.25) is 0 Å². The molecule has 0 spiro atoms. The summed E-state index contributed by atoms with van der Waals surface area (Å²) in [6.45, 7) is -0.337. The van der Waals surface area contributed by atoms with Crippen LogP contribution in [0.1, 0.15) is 23.4 Å². The Kier molecular flexibility index (Phi) is 6.64. The molecule has 0 amide bonds. The minimum atomic E-state index is -2.91. The zero-order valence-corrected chi connectivity index (χ0v) is 15.6. The van der Waals surface area contributed by atoms with E-state index in [0.29, 0.717) is 11.0 Å². The lowest BCUT2D eigenvalue weighted by molar-refractivity contribution is -0.0517. The van der Waals surface area contributed by atoms with Crippen LogP contribution < -0.4 is 14.8 Å². The Morgan fingerprint density at radius 1 is 1.35 bits per heavy atom. The molecule has 3 nitrogen and oxygen atoms in total. The third-order valence-corrected chi connectivity index (χ3v) is 5.13. The molecule has 1 unspecified atom stereocenters. The Labute approximate surface area is 150 Å². The first kappa shape index (κ1) is 18.4. The second kappa shape index (κ2) is 8.28. The van der Waals surface area contributed by atoms with Gasteiger partial charge >= 0.3 is 6.61 Å². The largest absolute Gasteiger partial charge is 0.493 e. The molecule has 126 valence electrons. The topological polar surface area (TPSA) is 30.5 Å². The van der Waals surface area contributed by atoms with E-state index in [1.807, 2.05) is 19.1 Å². The lowest BCUT2D eigenvalue weighted by atomic mass is 10.2. The average Bonchev–Trinajstić information content (AvgIpc) is 2.93. The van der Waals surface area contributed by atoms with Gasteiger partial charge in [0.15, 0.2) is 11.5 Å². The summed E-state index contributed by atoms with van der Waals surface area (Å²) in [6, 6.07) is 7.34. The molecule has 1 aromatic heterocycles. The van der Waals surface area contributed by atoms with E-state index in [1.165, 1.54) is 18.4 Å². The first-order valence-corrected chi connectivity index (χ1v) is 8.69.